The van der Waals surface area contributed by atoms with Gasteiger partial charge in [0.15, 0.2) is 0 Å². The molecule has 0 spiro atoms. The van der Waals surface area contributed by atoms with Crippen LogP contribution in [0.3, 0.4) is 0 Å². The Morgan fingerprint density at radius 2 is 2.00 bits per heavy atom. The zero-order valence-corrected chi connectivity index (χ0v) is 9.01. The highest BCUT2D eigenvalue weighted by molar-refractivity contribution is 8.87. The molecule has 0 aliphatic rings. The topological polar surface area (TPSA) is 0 Å². The van der Waals surface area contributed by atoms with E-state index < -0.39 is 9.06 Å². The summed E-state index contributed by atoms with van der Waals surface area (Å²) < 4.78 is 0. The Kier molecular flexibility index (Phi) is 2.79. The van der Waals surface area contributed by atoms with E-state index in [0.29, 0.717) is 0 Å². The fourth-order valence-corrected chi connectivity index (χ4v) is 2.20. The Hall–Kier alpha value is 0.210. The molecule has 0 radical (unpaired) electrons. The molecule has 0 heterocycles. The van der Waals surface area contributed by atoms with Gasteiger partial charge in [-0.1, -0.05) is 17.7 Å². The van der Waals surface area contributed by atoms with Gasteiger partial charge in [0, 0.05) is 5.02 Å². The zero-order valence-electron chi connectivity index (χ0n) is 6.54. The summed E-state index contributed by atoms with van der Waals surface area (Å²) in [6.07, 6.45) is 4.25. The van der Waals surface area contributed by atoms with Crippen LogP contribution in [0.2, 0.25) is 5.02 Å². The molecule has 0 aromatic heterocycles. The minimum atomic E-state index is -0.915. The molecule has 1 aromatic rings. The smallest absolute Gasteiger partial charge is 0.0416 e. The molecule has 0 nitrogen and oxygen atoms in total. The summed E-state index contributed by atoms with van der Waals surface area (Å²) in [4.78, 5) is 1.23. The van der Waals surface area contributed by atoms with Crippen molar-refractivity contribution < 1.29 is 0 Å². The number of rotatable bonds is 1. The van der Waals surface area contributed by atoms with Crippen LogP contribution >= 0.6 is 32.3 Å². The second-order valence-electron chi connectivity index (χ2n) is 2.73. The molecule has 0 N–H and O–H groups in total. The number of halogens is 1. The van der Waals surface area contributed by atoms with Gasteiger partial charge in [-0.25, -0.2) is 0 Å². The summed E-state index contributed by atoms with van der Waals surface area (Å²) in [5.41, 5.74) is 0. The molecule has 0 atom stereocenters. The molecule has 0 amide bonds. The van der Waals surface area contributed by atoms with Crippen molar-refractivity contribution in [2.24, 2.45) is 0 Å². The summed E-state index contributed by atoms with van der Waals surface area (Å²) in [5, 5.41) is 0.789. The molecule has 0 aliphatic heterocycles. The fraction of sp³-hybridized carbons (Fsp3) is 0.250. The molecule has 3 heteroatoms. The van der Waals surface area contributed by atoms with Crippen molar-refractivity contribution in [1.82, 2.24) is 0 Å². The van der Waals surface area contributed by atoms with Crippen molar-refractivity contribution in [3.8, 4) is 0 Å². The van der Waals surface area contributed by atoms with Crippen LogP contribution in [0.25, 0.3) is 0 Å². The molecule has 62 valence electrons. The van der Waals surface area contributed by atoms with Gasteiger partial charge < -0.3 is 0 Å². The average molecular weight is 207 g/mol. The van der Waals surface area contributed by atoms with Gasteiger partial charge in [0.1, 0.15) is 0 Å². The quantitative estimate of drug-likeness (QED) is 0.527. The lowest BCUT2D eigenvalue weighted by Crippen LogP contribution is -1.85. The van der Waals surface area contributed by atoms with Gasteiger partial charge in [-0.2, -0.15) is 9.06 Å². The number of benzene rings is 1. The van der Waals surface area contributed by atoms with Crippen LogP contribution < -0.4 is 0 Å². The van der Waals surface area contributed by atoms with E-state index >= 15 is 0 Å². The molecule has 0 fully saturated rings. The number of thiol groups is 1. The lowest BCUT2D eigenvalue weighted by molar-refractivity contribution is 1.45. The molecular formula is C8H11ClS2. The maximum Gasteiger partial charge on any atom is 0.0416 e. The van der Waals surface area contributed by atoms with Crippen LogP contribution in [0.5, 0.6) is 0 Å². The second kappa shape index (κ2) is 3.30. The minimum Gasteiger partial charge on any atom is -0.174 e. The van der Waals surface area contributed by atoms with Crippen LogP contribution in [-0.4, -0.2) is 12.5 Å². The van der Waals surface area contributed by atoms with E-state index in [0.717, 1.165) is 5.02 Å². The second-order valence-corrected chi connectivity index (χ2v) is 8.92. The minimum absolute atomic E-state index is 0.789. The summed E-state index contributed by atoms with van der Waals surface area (Å²) in [5.74, 6) is 0. The maximum atomic E-state index is 5.83. The van der Waals surface area contributed by atoms with Gasteiger partial charge in [0.2, 0.25) is 0 Å². The van der Waals surface area contributed by atoms with Crippen molar-refractivity contribution >= 4 is 32.3 Å². The lowest BCUT2D eigenvalue weighted by atomic mass is 10.4. The van der Waals surface area contributed by atoms with Gasteiger partial charge >= 0.3 is 0 Å². The highest BCUT2D eigenvalue weighted by Crippen LogP contribution is 2.53. The van der Waals surface area contributed by atoms with E-state index in [-0.39, 0.29) is 0 Å². The van der Waals surface area contributed by atoms with Crippen LogP contribution in [0.1, 0.15) is 0 Å². The first-order chi connectivity index (χ1) is 5.00. The maximum absolute atomic E-state index is 5.83. The van der Waals surface area contributed by atoms with Crippen LogP contribution in [-0.2, 0) is 0 Å². The Labute approximate surface area is 79.1 Å². The molecule has 0 unspecified atom stereocenters. The van der Waals surface area contributed by atoms with Gasteiger partial charge in [-0.3, -0.25) is 0 Å². The first-order valence-corrected chi connectivity index (χ1v) is 7.09. The van der Waals surface area contributed by atoms with E-state index in [2.05, 4.69) is 30.2 Å². The molecule has 0 saturated heterocycles. The first kappa shape index (κ1) is 9.30. The highest BCUT2D eigenvalue weighted by Gasteiger charge is 2.07. The van der Waals surface area contributed by atoms with Gasteiger partial charge in [-0.15, -0.1) is 11.7 Å². The molecule has 0 aliphatic carbocycles. The number of hydrogen-bond acceptors (Lipinski definition) is 1. The Bertz CT molecular complexity index is 253. The van der Waals surface area contributed by atoms with Crippen LogP contribution in [0.4, 0.5) is 0 Å². The van der Waals surface area contributed by atoms with E-state index in [4.69, 9.17) is 11.6 Å². The average Bonchev–Trinajstić information content (AvgIpc) is 1.86. The standard InChI is InChI=1S/C8H11ClS2/c1-11(2,10)8-5-3-4-7(9)6-8/h3-6,10H,1-2H3. The van der Waals surface area contributed by atoms with Crippen molar-refractivity contribution in [3.05, 3.63) is 29.3 Å². The monoisotopic (exact) mass is 206 g/mol. The molecular weight excluding hydrogens is 196 g/mol. The lowest BCUT2D eigenvalue weighted by Gasteiger charge is -2.24. The highest BCUT2D eigenvalue weighted by atomic mass is 35.5. The van der Waals surface area contributed by atoms with Crippen molar-refractivity contribution in [2.75, 3.05) is 12.5 Å². The first-order valence-electron chi connectivity index (χ1n) is 3.21. The molecule has 0 bridgehead atoms. The summed E-state index contributed by atoms with van der Waals surface area (Å²) in [6.45, 7) is 0. The fourth-order valence-electron chi connectivity index (χ4n) is 0.778. The predicted octanol–water partition coefficient (Wildman–Crippen LogP) is 3.61. The Morgan fingerprint density at radius 1 is 1.36 bits per heavy atom. The number of hydrogen-bond donors (Lipinski definition) is 1. The summed E-state index contributed by atoms with van der Waals surface area (Å²) in [6, 6.07) is 7.88. The molecule has 11 heavy (non-hydrogen) atoms. The molecule has 1 aromatic carbocycles. The molecule has 1 rings (SSSR count). The zero-order chi connectivity index (χ0) is 8.48. The Balaban J connectivity index is 3.06. The van der Waals surface area contributed by atoms with Gasteiger partial charge in [0.25, 0.3) is 0 Å². The largest absolute Gasteiger partial charge is 0.174 e. The normalized spacial score (nSPS) is 13.1. The third-order valence-corrected chi connectivity index (χ3v) is 3.65. The Morgan fingerprint density at radius 3 is 2.36 bits per heavy atom. The van der Waals surface area contributed by atoms with Crippen molar-refractivity contribution in [3.63, 3.8) is 0 Å². The SMILES string of the molecule is CS(C)(S)c1cccc(Cl)c1. The summed E-state index contributed by atoms with van der Waals surface area (Å²) in [7, 11) is -0.915. The van der Waals surface area contributed by atoms with E-state index in [1.807, 2.05) is 18.2 Å². The van der Waals surface area contributed by atoms with Gasteiger partial charge in [-0.05, 0) is 35.6 Å². The van der Waals surface area contributed by atoms with Crippen LogP contribution in [0.15, 0.2) is 29.2 Å². The van der Waals surface area contributed by atoms with E-state index in [1.54, 1.807) is 0 Å². The van der Waals surface area contributed by atoms with Gasteiger partial charge in [0.05, 0.1) is 0 Å². The summed E-state index contributed by atoms with van der Waals surface area (Å²) >= 11 is 10.3. The predicted molar refractivity (Wildman–Crippen MR) is 58.1 cm³/mol. The van der Waals surface area contributed by atoms with Crippen molar-refractivity contribution in [1.29, 1.82) is 0 Å². The third kappa shape index (κ3) is 2.62. The van der Waals surface area contributed by atoms with E-state index in [1.165, 1.54) is 4.90 Å². The third-order valence-electron chi connectivity index (χ3n) is 1.37. The van der Waals surface area contributed by atoms with Crippen molar-refractivity contribution in [2.45, 2.75) is 4.90 Å². The molecule has 0 saturated carbocycles. The van der Waals surface area contributed by atoms with Crippen LogP contribution in [0, 0.1) is 0 Å². The van der Waals surface area contributed by atoms with E-state index in [9.17, 15) is 0 Å².